The lowest BCUT2D eigenvalue weighted by Crippen LogP contribution is -1.93. The predicted octanol–water partition coefficient (Wildman–Crippen LogP) is 8.84. The normalized spacial score (nSPS) is 11.4. The van der Waals surface area contributed by atoms with Crippen LogP contribution in [-0.2, 0) is 4.79 Å². The van der Waals surface area contributed by atoms with E-state index < -0.39 is 5.97 Å². The van der Waals surface area contributed by atoms with Gasteiger partial charge in [-0.3, -0.25) is 4.79 Å². The smallest absolute Gasteiger partial charge is 0.303 e. The maximum Gasteiger partial charge on any atom is 0.303 e. The van der Waals surface area contributed by atoms with Gasteiger partial charge in [0, 0.05) is 6.42 Å². The Bertz CT molecular complexity index is 322. The summed E-state index contributed by atoms with van der Waals surface area (Å²) in [7, 11) is 0. The topological polar surface area (TPSA) is 37.3 Å². The van der Waals surface area contributed by atoms with Gasteiger partial charge in [-0.05, 0) is 32.1 Å². The van der Waals surface area contributed by atoms with E-state index in [1.165, 1.54) is 116 Å². The summed E-state index contributed by atoms with van der Waals surface area (Å²) in [4.78, 5) is 10.4. The summed E-state index contributed by atoms with van der Waals surface area (Å²) < 4.78 is 0. The molecule has 0 spiro atoms. The number of hydrogen-bond acceptors (Lipinski definition) is 1. The van der Waals surface area contributed by atoms with E-state index in [1.54, 1.807) is 0 Å². The Kier molecular flexibility index (Phi) is 22.6. The van der Waals surface area contributed by atoms with Crippen LogP contribution in [0.1, 0.15) is 142 Å². The van der Waals surface area contributed by atoms with E-state index in [9.17, 15) is 4.79 Å². The minimum absolute atomic E-state index is 0.343. The van der Waals surface area contributed by atoms with Crippen molar-refractivity contribution in [2.75, 3.05) is 0 Å². The van der Waals surface area contributed by atoms with Crippen molar-refractivity contribution in [2.45, 2.75) is 142 Å². The Labute approximate surface area is 170 Å². The molecule has 0 rings (SSSR count). The summed E-state index contributed by atoms with van der Waals surface area (Å²) in [6.45, 7) is 2.27. The Morgan fingerprint density at radius 3 is 1.26 bits per heavy atom. The van der Waals surface area contributed by atoms with Crippen molar-refractivity contribution in [3.05, 3.63) is 12.2 Å². The number of hydrogen-bond donors (Lipinski definition) is 1. The van der Waals surface area contributed by atoms with E-state index in [0.717, 1.165) is 12.8 Å². The second kappa shape index (κ2) is 23.2. The quantitative estimate of drug-likeness (QED) is 0.150. The molecule has 160 valence electrons. The largest absolute Gasteiger partial charge is 0.481 e. The van der Waals surface area contributed by atoms with E-state index in [1.807, 2.05) is 0 Å². The first-order chi connectivity index (χ1) is 13.3. The summed E-state index contributed by atoms with van der Waals surface area (Å²) in [5.41, 5.74) is 0. The van der Waals surface area contributed by atoms with Crippen LogP contribution < -0.4 is 0 Å². The molecule has 0 aromatic rings. The first-order valence-electron chi connectivity index (χ1n) is 12.1. The molecule has 0 aliphatic carbocycles. The van der Waals surface area contributed by atoms with E-state index in [2.05, 4.69) is 19.1 Å². The van der Waals surface area contributed by atoms with Crippen LogP contribution in [0, 0.1) is 0 Å². The third-order valence-electron chi connectivity index (χ3n) is 5.40. The molecule has 0 atom stereocenters. The maximum absolute atomic E-state index is 10.4. The van der Waals surface area contributed by atoms with Gasteiger partial charge in [-0.2, -0.15) is 0 Å². The zero-order chi connectivity index (χ0) is 19.8. The molecule has 0 amide bonds. The molecule has 2 heteroatoms. The lowest BCUT2D eigenvalue weighted by Gasteiger charge is -2.03. The molecular weight excluding hydrogens is 332 g/mol. The summed E-state index contributed by atoms with van der Waals surface area (Å²) in [6, 6.07) is 0. The predicted molar refractivity (Wildman–Crippen MR) is 119 cm³/mol. The van der Waals surface area contributed by atoms with Crippen molar-refractivity contribution >= 4 is 5.97 Å². The molecule has 2 nitrogen and oxygen atoms in total. The monoisotopic (exact) mass is 380 g/mol. The van der Waals surface area contributed by atoms with Gasteiger partial charge >= 0.3 is 5.97 Å². The molecule has 0 aromatic heterocycles. The van der Waals surface area contributed by atoms with Crippen LogP contribution in [0.25, 0.3) is 0 Å². The fourth-order valence-corrected chi connectivity index (χ4v) is 3.58. The number of carboxylic acids is 1. The average molecular weight is 381 g/mol. The Morgan fingerprint density at radius 1 is 0.556 bits per heavy atom. The number of carbonyl (C=O) groups is 1. The van der Waals surface area contributed by atoms with Gasteiger partial charge in [0.1, 0.15) is 0 Å². The van der Waals surface area contributed by atoms with Crippen LogP contribution in [0.4, 0.5) is 0 Å². The van der Waals surface area contributed by atoms with Crippen LogP contribution >= 0.6 is 0 Å². The molecule has 0 heterocycles. The molecule has 0 aliphatic rings. The number of carboxylic acid groups (broad SMARTS) is 1. The molecule has 0 saturated heterocycles. The molecule has 0 unspecified atom stereocenters. The van der Waals surface area contributed by atoms with Gasteiger partial charge in [-0.1, -0.05) is 115 Å². The third-order valence-corrected chi connectivity index (χ3v) is 5.40. The van der Waals surface area contributed by atoms with Crippen molar-refractivity contribution < 1.29 is 9.90 Å². The molecule has 0 saturated carbocycles. The Balaban J connectivity index is 3.05. The van der Waals surface area contributed by atoms with Gasteiger partial charge in [0.25, 0.3) is 0 Å². The Morgan fingerprint density at radius 2 is 0.889 bits per heavy atom. The van der Waals surface area contributed by atoms with Crippen molar-refractivity contribution in [1.82, 2.24) is 0 Å². The highest BCUT2D eigenvalue weighted by molar-refractivity contribution is 5.66. The summed E-state index contributed by atoms with van der Waals surface area (Å²) in [6.07, 6.45) is 31.6. The van der Waals surface area contributed by atoms with Crippen LogP contribution in [0.3, 0.4) is 0 Å². The molecule has 0 aromatic carbocycles. The number of allylic oxidation sites excluding steroid dienone is 2. The molecule has 27 heavy (non-hydrogen) atoms. The van der Waals surface area contributed by atoms with Crippen LogP contribution in [0.5, 0.6) is 0 Å². The number of aliphatic carboxylic acids is 1. The fourth-order valence-electron chi connectivity index (χ4n) is 3.58. The second-order valence-electron chi connectivity index (χ2n) is 8.20. The van der Waals surface area contributed by atoms with Crippen molar-refractivity contribution in [3.8, 4) is 0 Å². The van der Waals surface area contributed by atoms with Crippen molar-refractivity contribution in [2.24, 2.45) is 0 Å². The fraction of sp³-hybridized carbons (Fsp3) is 0.880. The van der Waals surface area contributed by atoms with Crippen LogP contribution in [-0.4, -0.2) is 11.1 Å². The standard InChI is InChI=1S/C25H48O2/c1-2-3-4-5-6-7-8-9-10-11-12-13-14-15-16-17-18-19-20-21-22-23-24-25(26)27/h7-8H,2-6,9-24H2,1H3,(H,26,27)/b8-7-. The molecule has 0 fully saturated rings. The molecule has 0 radical (unpaired) electrons. The number of unbranched alkanes of at least 4 members (excludes halogenated alkanes) is 18. The zero-order valence-corrected chi connectivity index (χ0v) is 18.4. The SMILES string of the molecule is CCCCCC/C=C\CCCCCCCCCCCCCCCCC(=O)O. The maximum atomic E-state index is 10.4. The van der Waals surface area contributed by atoms with E-state index >= 15 is 0 Å². The summed E-state index contributed by atoms with van der Waals surface area (Å²) in [5, 5.41) is 8.58. The highest BCUT2D eigenvalue weighted by Gasteiger charge is 1.97. The van der Waals surface area contributed by atoms with Gasteiger partial charge < -0.3 is 5.11 Å². The highest BCUT2D eigenvalue weighted by atomic mass is 16.4. The van der Waals surface area contributed by atoms with E-state index in [4.69, 9.17) is 5.11 Å². The van der Waals surface area contributed by atoms with Gasteiger partial charge in [0.2, 0.25) is 0 Å². The van der Waals surface area contributed by atoms with Crippen LogP contribution in [0.15, 0.2) is 12.2 Å². The average Bonchev–Trinajstić information content (AvgIpc) is 2.65. The second-order valence-corrected chi connectivity index (χ2v) is 8.20. The zero-order valence-electron chi connectivity index (χ0n) is 18.4. The molecular formula is C25H48O2. The first-order valence-corrected chi connectivity index (χ1v) is 12.1. The lowest BCUT2D eigenvalue weighted by molar-refractivity contribution is -0.137. The van der Waals surface area contributed by atoms with Crippen LogP contribution in [0.2, 0.25) is 0 Å². The number of rotatable bonds is 22. The highest BCUT2D eigenvalue weighted by Crippen LogP contribution is 2.14. The lowest BCUT2D eigenvalue weighted by atomic mass is 10.0. The van der Waals surface area contributed by atoms with Crippen molar-refractivity contribution in [3.63, 3.8) is 0 Å². The molecule has 0 bridgehead atoms. The summed E-state index contributed by atoms with van der Waals surface area (Å²) in [5.74, 6) is -0.653. The van der Waals surface area contributed by atoms with E-state index in [-0.39, 0.29) is 0 Å². The molecule has 0 aliphatic heterocycles. The molecule has 1 N–H and O–H groups in total. The summed E-state index contributed by atoms with van der Waals surface area (Å²) >= 11 is 0. The Hall–Kier alpha value is -0.790. The minimum atomic E-state index is -0.653. The minimum Gasteiger partial charge on any atom is -0.481 e. The van der Waals surface area contributed by atoms with Gasteiger partial charge in [-0.15, -0.1) is 0 Å². The first kappa shape index (κ1) is 26.2. The third kappa shape index (κ3) is 25.2. The van der Waals surface area contributed by atoms with Gasteiger partial charge in [-0.25, -0.2) is 0 Å². The van der Waals surface area contributed by atoms with Gasteiger partial charge in [0.05, 0.1) is 0 Å². The van der Waals surface area contributed by atoms with E-state index in [0.29, 0.717) is 6.42 Å². The van der Waals surface area contributed by atoms with Crippen molar-refractivity contribution in [1.29, 1.82) is 0 Å². The van der Waals surface area contributed by atoms with Gasteiger partial charge in [0.15, 0.2) is 0 Å².